The fraction of sp³-hybridized carbons (Fsp3) is 0.647. The molecule has 2 aliphatic rings. The number of anilines is 2. The van der Waals surface area contributed by atoms with E-state index in [1.165, 1.54) is 11.8 Å². The van der Waals surface area contributed by atoms with E-state index < -0.39 is 10.0 Å². The number of benzene rings is 1. The van der Waals surface area contributed by atoms with Gasteiger partial charge < -0.3 is 15.4 Å². The molecule has 2 saturated heterocycles. The van der Waals surface area contributed by atoms with Gasteiger partial charge in [0, 0.05) is 50.3 Å². The fourth-order valence-electron chi connectivity index (χ4n) is 3.79. The molecule has 6 nitrogen and oxygen atoms in total. The Morgan fingerprint density at radius 1 is 1.21 bits per heavy atom. The number of nitrogen functional groups attached to an aromatic ring is 1. The van der Waals surface area contributed by atoms with Crippen molar-refractivity contribution in [1.82, 2.24) is 4.31 Å². The highest BCUT2D eigenvalue weighted by atomic mass is 32.2. The molecular weight excluding hydrogens is 326 g/mol. The standard InChI is InChI=1S/C17H27N3O3S/c1-13-12-19(7-8-20(13)24(2,21)22)15-3-4-17(18)16(11-15)14-5-9-23-10-6-14/h3-4,11,13-14H,5-10,12,18H2,1-2H3. The van der Waals surface area contributed by atoms with E-state index in [4.69, 9.17) is 10.5 Å². The minimum absolute atomic E-state index is 0.0298. The molecule has 0 aliphatic carbocycles. The Kier molecular flexibility index (Phi) is 5.03. The first kappa shape index (κ1) is 17.5. The monoisotopic (exact) mass is 353 g/mol. The van der Waals surface area contributed by atoms with Crippen molar-refractivity contribution in [3.05, 3.63) is 23.8 Å². The summed E-state index contributed by atoms with van der Waals surface area (Å²) in [6.07, 6.45) is 3.30. The summed E-state index contributed by atoms with van der Waals surface area (Å²) < 4.78 is 30.7. The van der Waals surface area contributed by atoms with E-state index in [9.17, 15) is 8.42 Å². The molecule has 0 saturated carbocycles. The summed E-state index contributed by atoms with van der Waals surface area (Å²) in [6.45, 7) is 5.47. The molecule has 24 heavy (non-hydrogen) atoms. The van der Waals surface area contributed by atoms with Gasteiger partial charge in [-0.3, -0.25) is 0 Å². The van der Waals surface area contributed by atoms with E-state index in [0.29, 0.717) is 25.6 Å². The number of sulfonamides is 1. The largest absolute Gasteiger partial charge is 0.398 e. The molecule has 0 spiro atoms. The smallest absolute Gasteiger partial charge is 0.211 e. The normalized spacial score (nSPS) is 24.2. The van der Waals surface area contributed by atoms with E-state index in [1.54, 1.807) is 4.31 Å². The summed E-state index contributed by atoms with van der Waals surface area (Å²) in [7, 11) is -3.14. The van der Waals surface area contributed by atoms with Crippen molar-refractivity contribution in [2.75, 3.05) is 49.7 Å². The molecule has 1 unspecified atom stereocenters. The Morgan fingerprint density at radius 2 is 1.92 bits per heavy atom. The van der Waals surface area contributed by atoms with Gasteiger partial charge in [-0.1, -0.05) is 0 Å². The molecule has 134 valence electrons. The molecule has 7 heteroatoms. The lowest BCUT2D eigenvalue weighted by atomic mass is 9.90. The predicted octanol–water partition coefficient (Wildman–Crippen LogP) is 1.63. The van der Waals surface area contributed by atoms with Gasteiger partial charge >= 0.3 is 0 Å². The second kappa shape index (κ2) is 6.90. The summed E-state index contributed by atoms with van der Waals surface area (Å²) in [5.41, 5.74) is 9.38. The average molecular weight is 353 g/mol. The zero-order valence-corrected chi connectivity index (χ0v) is 15.3. The van der Waals surface area contributed by atoms with Crippen LogP contribution in [0.15, 0.2) is 18.2 Å². The maximum absolute atomic E-state index is 11.8. The lowest BCUT2D eigenvalue weighted by Crippen LogP contribution is -2.53. The molecule has 2 fully saturated rings. The van der Waals surface area contributed by atoms with Crippen molar-refractivity contribution in [1.29, 1.82) is 0 Å². The van der Waals surface area contributed by atoms with Crippen LogP contribution in [0, 0.1) is 0 Å². The van der Waals surface area contributed by atoms with E-state index >= 15 is 0 Å². The number of ether oxygens (including phenoxy) is 1. The second-order valence-corrected chi connectivity index (χ2v) is 8.80. The van der Waals surface area contributed by atoms with Gasteiger partial charge in [0.2, 0.25) is 10.0 Å². The van der Waals surface area contributed by atoms with Crippen LogP contribution in [0.5, 0.6) is 0 Å². The number of rotatable bonds is 3. The first-order valence-electron chi connectivity index (χ1n) is 8.55. The maximum atomic E-state index is 11.8. The van der Waals surface area contributed by atoms with Crippen molar-refractivity contribution in [2.24, 2.45) is 0 Å². The minimum Gasteiger partial charge on any atom is -0.398 e. The molecule has 2 heterocycles. The van der Waals surface area contributed by atoms with Gasteiger partial charge in [0.05, 0.1) is 6.26 Å². The van der Waals surface area contributed by atoms with E-state index in [2.05, 4.69) is 11.0 Å². The van der Waals surface area contributed by atoms with Crippen molar-refractivity contribution in [3.8, 4) is 0 Å². The molecule has 1 aromatic rings. The predicted molar refractivity (Wildman–Crippen MR) is 96.9 cm³/mol. The van der Waals surface area contributed by atoms with E-state index in [0.717, 1.165) is 37.4 Å². The van der Waals surface area contributed by atoms with Crippen LogP contribution in [0.3, 0.4) is 0 Å². The van der Waals surface area contributed by atoms with Crippen LogP contribution < -0.4 is 10.6 Å². The van der Waals surface area contributed by atoms with Crippen LogP contribution >= 0.6 is 0 Å². The second-order valence-electron chi connectivity index (χ2n) is 6.87. The Bertz CT molecular complexity index is 686. The summed E-state index contributed by atoms with van der Waals surface area (Å²) in [5, 5.41) is 0. The molecule has 1 aromatic carbocycles. The lowest BCUT2D eigenvalue weighted by molar-refractivity contribution is 0.0855. The summed E-state index contributed by atoms with van der Waals surface area (Å²) in [5.74, 6) is 0.452. The van der Waals surface area contributed by atoms with Gasteiger partial charge in [-0.05, 0) is 49.4 Å². The maximum Gasteiger partial charge on any atom is 0.211 e. The summed E-state index contributed by atoms with van der Waals surface area (Å²) in [4.78, 5) is 2.26. The molecule has 2 aliphatic heterocycles. The molecular formula is C17H27N3O3S. The average Bonchev–Trinajstić information content (AvgIpc) is 2.55. The molecule has 0 aromatic heterocycles. The summed E-state index contributed by atoms with van der Waals surface area (Å²) >= 11 is 0. The van der Waals surface area contributed by atoms with Crippen LogP contribution in [-0.4, -0.2) is 57.9 Å². The third-order valence-corrected chi connectivity index (χ3v) is 6.48. The SMILES string of the molecule is CC1CN(c2ccc(N)c(C3CCOCC3)c2)CCN1S(C)(=O)=O. The number of nitrogens with zero attached hydrogens (tertiary/aromatic N) is 2. The Morgan fingerprint density at radius 3 is 2.54 bits per heavy atom. The molecule has 0 amide bonds. The van der Waals surface area contributed by atoms with Crippen LogP contribution in [0.1, 0.15) is 31.2 Å². The first-order chi connectivity index (χ1) is 11.4. The van der Waals surface area contributed by atoms with Crippen molar-refractivity contribution >= 4 is 21.4 Å². The Balaban J connectivity index is 1.78. The van der Waals surface area contributed by atoms with E-state index in [-0.39, 0.29) is 6.04 Å². The molecule has 0 bridgehead atoms. The highest BCUT2D eigenvalue weighted by Gasteiger charge is 2.30. The first-order valence-corrected chi connectivity index (χ1v) is 10.4. The molecule has 1 atom stereocenters. The minimum atomic E-state index is -3.14. The van der Waals surface area contributed by atoms with Crippen LogP contribution in [0.4, 0.5) is 11.4 Å². The van der Waals surface area contributed by atoms with Gasteiger partial charge in [0.15, 0.2) is 0 Å². The van der Waals surface area contributed by atoms with Gasteiger partial charge in [0.1, 0.15) is 0 Å². The number of hydrogen-bond donors (Lipinski definition) is 1. The quantitative estimate of drug-likeness (QED) is 0.836. The zero-order valence-electron chi connectivity index (χ0n) is 14.4. The van der Waals surface area contributed by atoms with Crippen LogP contribution in [0.25, 0.3) is 0 Å². The van der Waals surface area contributed by atoms with Crippen molar-refractivity contribution in [3.63, 3.8) is 0 Å². The fourth-order valence-corrected chi connectivity index (χ4v) is 4.92. The number of piperazine rings is 1. The van der Waals surface area contributed by atoms with Crippen LogP contribution in [-0.2, 0) is 14.8 Å². The number of hydrogen-bond acceptors (Lipinski definition) is 5. The zero-order chi connectivity index (χ0) is 17.3. The topological polar surface area (TPSA) is 75.9 Å². The highest BCUT2D eigenvalue weighted by molar-refractivity contribution is 7.88. The van der Waals surface area contributed by atoms with Crippen molar-refractivity contribution < 1.29 is 13.2 Å². The summed E-state index contributed by atoms with van der Waals surface area (Å²) in [6, 6.07) is 6.18. The molecule has 0 radical (unpaired) electrons. The van der Waals surface area contributed by atoms with E-state index in [1.807, 2.05) is 19.1 Å². The van der Waals surface area contributed by atoms with Gasteiger partial charge in [-0.2, -0.15) is 4.31 Å². The third-order valence-electron chi connectivity index (χ3n) is 5.09. The number of nitrogens with two attached hydrogens (primary N) is 1. The highest BCUT2D eigenvalue weighted by Crippen LogP contribution is 2.34. The van der Waals surface area contributed by atoms with Gasteiger partial charge in [0.25, 0.3) is 0 Å². The van der Waals surface area contributed by atoms with Crippen LogP contribution in [0.2, 0.25) is 0 Å². The Labute approximate surface area is 144 Å². The lowest BCUT2D eigenvalue weighted by Gasteiger charge is -2.39. The molecule has 3 rings (SSSR count). The third kappa shape index (κ3) is 3.68. The van der Waals surface area contributed by atoms with Gasteiger partial charge in [-0.15, -0.1) is 0 Å². The molecule has 2 N–H and O–H groups in total. The van der Waals surface area contributed by atoms with Crippen molar-refractivity contribution in [2.45, 2.75) is 31.7 Å². The van der Waals surface area contributed by atoms with Gasteiger partial charge in [-0.25, -0.2) is 8.42 Å². The Hall–Kier alpha value is -1.31.